The van der Waals surface area contributed by atoms with E-state index in [2.05, 4.69) is 31.2 Å². The lowest BCUT2D eigenvalue weighted by molar-refractivity contribution is -0.145. The van der Waals surface area contributed by atoms with E-state index in [1.54, 1.807) is 4.90 Å². The number of carbonyl (C=O) groups excluding carboxylic acids is 5. The molecule has 0 aromatic carbocycles. The number of hydrogen-bond donors (Lipinski definition) is 4. The van der Waals surface area contributed by atoms with Crippen molar-refractivity contribution >= 4 is 29.5 Å². The Bertz CT molecular complexity index is 1320. The zero-order valence-corrected chi connectivity index (χ0v) is 33.1. The minimum Gasteiger partial charge on any atom is -0.353 e. The summed E-state index contributed by atoms with van der Waals surface area (Å²) in [4.78, 5) is 78.5. The third-order valence-electron chi connectivity index (χ3n) is 10.7. The fraction of sp³-hybridized carbons (Fsp3) is 0.775. The first kappa shape index (κ1) is 42.8. The first-order valence-corrected chi connectivity index (χ1v) is 20.2. The van der Waals surface area contributed by atoms with Crippen LogP contribution in [0.5, 0.6) is 0 Å². The molecule has 6 atom stereocenters. The van der Waals surface area contributed by atoms with Gasteiger partial charge in [-0.25, -0.2) is 4.98 Å². The second-order valence-corrected chi connectivity index (χ2v) is 15.6. The van der Waals surface area contributed by atoms with Crippen molar-refractivity contribution in [2.45, 2.75) is 169 Å². The molecule has 5 amide bonds. The van der Waals surface area contributed by atoms with E-state index < -0.39 is 35.4 Å². The number of hydrogen-bond acceptors (Lipinski definition) is 7. The van der Waals surface area contributed by atoms with Crippen LogP contribution >= 0.6 is 0 Å². The molecule has 4 N–H and O–H groups in total. The normalized spacial score (nSPS) is 22.9. The van der Waals surface area contributed by atoms with E-state index in [-0.39, 0.29) is 61.1 Å². The zero-order chi connectivity index (χ0) is 38.4. The number of likely N-dealkylation sites (tertiary alicyclic amines) is 1. The molecule has 12 nitrogen and oxygen atoms in total. The zero-order valence-electron chi connectivity index (χ0n) is 33.1. The smallest absolute Gasteiger partial charge is 0.272 e. The van der Waals surface area contributed by atoms with Crippen molar-refractivity contribution in [3.8, 4) is 0 Å². The Hall–Kier alpha value is -3.57. The summed E-state index contributed by atoms with van der Waals surface area (Å²) in [5, 5.41) is 12.2. The highest BCUT2D eigenvalue weighted by Crippen LogP contribution is 2.43. The Morgan fingerprint density at radius 2 is 1.58 bits per heavy atom. The third kappa shape index (κ3) is 11.7. The molecule has 3 aliphatic carbocycles. The summed E-state index contributed by atoms with van der Waals surface area (Å²) in [6.07, 6.45) is 15.4. The van der Waals surface area contributed by atoms with Crippen molar-refractivity contribution < 1.29 is 25.4 Å². The highest BCUT2D eigenvalue weighted by Gasteiger charge is 2.52. The highest BCUT2D eigenvalue weighted by molar-refractivity contribution is 5.98. The number of rotatable bonds is 13. The van der Waals surface area contributed by atoms with Crippen LogP contribution in [0.3, 0.4) is 0 Å². The van der Waals surface area contributed by atoms with Crippen molar-refractivity contribution in [2.24, 2.45) is 23.2 Å². The second-order valence-electron chi connectivity index (χ2n) is 15.6. The van der Waals surface area contributed by atoms with Gasteiger partial charge in [0.15, 0.2) is 0 Å². The fourth-order valence-electron chi connectivity index (χ4n) is 8.01. The van der Waals surface area contributed by atoms with Crippen LogP contribution in [-0.2, 0) is 19.2 Å². The molecular weight excluding hydrogens is 658 g/mol. The van der Waals surface area contributed by atoms with Crippen molar-refractivity contribution in [1.29, 1.82) is 0 Å². The standard InChI is InChI=1S/C36H55N7O5.2C2H6.H2/c1-5-10-25(19-28(44)39-24-15-16-24)40-34(47)30-26-14-9-13-23(26)21-43(30)35(48)31(36(2,3)4)42-33(46)29(22-11-7-6-8-12-22)41-32(45)27-20-37-17-18-38-27;2*1-2;/h17-18,20,22-26,29-31H,5-16,19,21H2,1-4H3,(H,39,44)(H,40,47)(H,41,45)(H,42,46);2*1-2H3;1H/t23-,25?,26-,29-,30-,31+;;;/m0.../s1/i;;;1+1. The monoisotopic (exact) mass is 729 g/mol. The number of nitrogens with zero attached hydrogens (tertiary/aromatic N) is 3. The van der Waals surface area contributed by atoms with E-state index in [1.807, 2.05) is 55.4 Å². The molecule has 1 unspecified atom stereocenters. The van der Waals surface area contributed by atoms with Crippen LogP contribution in [-0.4, -0.2) is 81.2 Å². The summed E-state index contributed by atoms with van der Waals surface area (Å²) in [5.41, 5.74) is -0.554. The van der Waals surface area contributed by atoms with Crippen molar-refractivity contribution in [3.05, 3.63) is 24.3 Å². The molecule has 1 aromatic rings. The number of nitrogens with one attached hydrogen (secondary N) is 4. The first-order chi connectivity index (χ1) is 25.0. The van der Waals surface area contributed by atoms with Crippen LogP contribution in [0.15, 0.2) is 18.6 Å². The Balaban J connectivity index is 0.00000188. The number of carbonyl (C=O) groups is 5. The molecule has 5 rings (SSSR count). The number of amides is 5. The van der Waals surface area contributed by atoms with Crippen LogP contribution in [0.25, 0.3) is 0 Å². The topological polar surface area (TPSA) is 162 Å². The summed E-state index contributed by atoms with van der Waals surface area (Å²) in [6, 6.07) is -2.49. The largest absolute Gasteiger partial charge is 0.353 e. The lowest BCUT2D eigenvalue weighted by Crippen LogP contribution is -2.62. The molecule has 4 fully saturated rings. The van der Waals surface area contributed by atoms with E-state index in [1.165, 1.54) is 18.6 Å². The molecule has 2 heterocycles. The van der Waals surface area contributed by atoms with Crippen LogP contribution < -0.4 is 21.3 Å². The van der Waals surface area contributed by atoms with Gasteiger partial charge in [0, 0.05) is 38.9 Å². The molecule has 0 spiro atoms. The SMILES string of the molecule is CC.CC.CCCC(CC(=O)NC1CC1)NC(=O)[C@@H]1[C@H]2CCC[C@H]2CN1C(=O)[C@@H](NC(=O)[C@@H](NC(=O)c1cnccn1)C1CCCCC1)C(C)(C)C.[2HH]. The van der Waals surface area contributed by atoms with E-state index in [0.29, 0.717) is 13.0 Å². The van der Waals surface area contributed by atoms with Crippen LogP contribution in [0.2, 0.25) is 0 Å². The molecule has 0 radical (unpaired) electrons. The van der Waals surface area contributed by atoms with Gasteiger partial charge in [0.2, 0.25) is 23.6 Å². The summed E-state index contributed by atoms with van der Waals surface area (Å²) >= 11 is 0. The predicted octanol–water partition coefficient (Wildman–Crippen LogP) is 5.57. The molecule has 1 saturated heterocycles. The van der Waals surface area contributed by atoms with Crippen molar-refractivity contribution in [3.63, 3.8) is 0 Å². The lowest BCUT2D eigenvalue weighted by atomic mass is 9.82. The third-order valence-corrected chi connectivity index (χ3v) is 10.7. The fourth-order valence-corrected chi connectivity index (χ4v) is 8.01. The Morgan fingerprint density at radius 3 is 2.17 bits per heavy atom. The van der Waals surface area contributed by atoms with Gasteiger partial charge in [0.05, 0.1) is 6.20 Å². The summed E-state index contributed by atoms with van der Waals surface area (Å²) in [5.74, 6) is -1.27. The molecule has 1 aromatic heterocycles. The molecule has 0 bridgehead atoms. The maximum atomic E-state index is 14.6. The molecule has 12 heteroatoms. The number of aromatic nitrogens is 2. The summed E-state index contributed by atoms with van der Waals surface area (Å²) in [7, 11) is 0. The Kier molecular flexibility index (Phi) is 17.0. The molecule has 294 valence electrons. The van der Waals surface area contributed by atoms with Crippen molar-refractivity contribution in [2.75, 3.05) is 6.54 Å². The van der Waals surface area contributed by atoms with Gasteiger partial charge in [0.1, 0.15) is 23.8 Å². The van der Waals surface area contributed by atoms with Crippen LogP contribution in [0, 0.1) is 23.2 Å². The minimum absolute atomic E-state index is 0. The number of fused-ring (bicyclic) bond motifs is 1. The van der Waals surface area contributed by atoms with E-state index >= 15 is 0 Å². The molecular formula is C40H69N7O5. The van der Waals surface area contributed by atoms with Crippen LogP contribution in [0.4, 0.5) is 0 Å². The molecule has 4 aliphatic rings. The van der Waals surface area contributed by atoms with Gasteiger partial charge < -0.3 is 26.2 Å². The van der Waals surface area contributed by atoms with Gasteiger partial charge in [-0.1, -0.05) is 87.5 Å². The van der Waals surface area contributed by atoms with Gasteiger partial charge in [-0.15, -0.1) is 0 Å². The van der Waals surface area contributed by atoms with Gasteiger partial charge in [-0.3, -0.25) is 29.0 Å². The minimum atomic E-state index is -0.922. The maximum absolute atomic E-state index is 14.6. The average molecular weight is 729 g/mol. The van der Waals surface area contributed by atoms with Gasteiger partial charge in [0.25, 0.3) is 5.91 Å². The lowest BCUT2D eigenvalue weighted by Gasteiger charge is -2.38. The highest BCUT2D eigenvalue weighted by atomic mass is 16.2. The predicted molar refractivity (Wildman–Crippen MR) is 205 cm³/mol. The Morgan fingerprint density at radius 1 is 0.885 bits per heavy atom. The quantitative estimate of drug-likeness (QED) is 0.207. The van der Waals surface area contributed by atoms with Gasteiger partial charge >= 0.3 is 0 Å². The van der Waals surface area contributed by atoms with Crippen LogP contribution in [0.1, 0.15) is 151 Å². The maximum Gasteiger partial charge on any atom is 0.272 e. The van der Waals surface area contributed by atoms with E-state index in [0.717, 1.165) is 70.6 Å². The summed E-state index contributed by atoms with van der Waals surface area (Å²) in [6.45, 7) is 16.2. The first-order valence-electron chi connectivity index (χ1n) is 20.2. The van der Waals surface area contributed by atoms with E-state index in [4.69, 9.17) is 0 Å². The second kappa shape index (κ2) is 20.6. The molecule has 52 heavy (non-hydrogen) atoms. The average Bonchev–Trinajstić information content (AvgIpc) is 3.70. The molecule has 1 aliphatic heterocycles. The summed E-state index contributed by atoms with van der Waals surface area (Å²) < 4.78 is 0. The van der Waals surface area contributed by atoms with Gasteiger partial charge in [-0.2, -0.15) is 0 Å². The van der Waals surface area contributed by atoms with Gasteiger partial charge in [-0.05, 0) is 68.1 Å². The van der Waals surface area contributed by atoms with E-state index in [9.17, 15) is 24.0 Å². The Labute approximate surface area is 313 Å². The van der Waals surface area contributed by atoms with Crippen molar-refractivity contribution in [1.82, 2.24) is 36.1 Å². The molecule has 3 saturated carbocycles.